The van der Waals surface area contributed by atoms with Gasteiger partial charge in [0, 0.05) is 0 Å². The highest BCUT2D eigenvalue weighted by Gasteiger charge is 2.08. The fraction of sp³-hybridized carbons (Fsp3) is 0.800. The lowest BCUT2D eigenvalue weighted by Gasteiger charge is -2.02. The molecule has 0 aliphatic rings. The number of hydrogen-bond donors (Lipinski definition) is 5. The van der Waals surface area contributed by atoms with Gasteiger partial charge in [-0.05, 0) is 18.4 Å². The first-order chi connectivity index (χ1) is 5.91. The molecule has 0 aromatic carbocycles. The largest absolute Gasteiger partial charge is 0.631 e. The predicted molar refractivity (Wildman–Crippen MR) is 51.0 cm³/mol. The zero-order chi connectivity index (χ0) is 10.9. The van der Waals surface area contributed by atoms with E-state index in [1.54, 1.807) is 11.8 Å². The minimum Gasteiger partial charge on any atom is -0.480 e. The lowest BCUT2D eigenvalue weighted by atomic mass is 10.2. The van der Waals surface area contributed by atoms with E-state index in [1.807, 2.05) is 6.26 Å². The number of aliphatic carboxylic acids is 1. The van der Waals surface area contributed by atoms with Crippen molar-refractivity contribution in [1.82, 2.24) is 0 Å². The van der Waals surface area contributed by atoms with Gasteiger partial charge in [-0.25, -0.2) is 0 Å². The summed E-state index contributed by atoms with van der Waals surface area (Å²) in [4.78, 5) is 10.1. The Labute approximate surface area is 80.9 Å². The summed E-state index contributed by atoms with van der Waals surface area (Å²) >= 11 is 1.60. The van der Waals surface area contributed by atoms with Gasteiger partial charge in [-0.15, -0.1) is 0 Å². The zero-order valence-corrected chi connectivity index (χ0v) is 8.07. The third-order valence-corrected chi connectivity index (χ3v) is 1.59. The highest BCUT2D eigenvalue weighted by atomic mass is 32.2. The van der Waals surface area contributed by atoms with Crippen molar-refractivity contribution in [3.63, 3.8) is 0 Å². The molecule has 1 unspecified atom stereocenters. The fourth-order valence-electron chi connectivity index (χ4n) is 0.368. The number of carbonyl (C=O) groups is 1. The van der Waals surface area contributed by atoms with Crippen LogP contribution >= 0.6 is 11.8 Å². The van der Waals surface area contributed by atoms with E-state index in [4.69, 9.17) is 25.9 Å². The van der Waals surface area contributed by atoms with Crippen LogP contribution in [0.2, 0.25) is 0 Å². The van der Waals surface area contributed by atoms with Crippen LogP contribution in [-0.2, 0) is 4.79 Å². The van der Waals surface area contributed by atoms with Crippen LogP contribution in [0.25, 0.3) is 0 Å². The summed E-state index contributed by atoms with van der Waals surface area (Å²) in [6, 6.07) is -0.683. The van der Waals surface area contributed by atoms with Gasteiger partial charge >= 0.3 is 13.3 Å². The van der Waals surface area contributed by atoms with Crippen molar-refractivity contribution in [2.45, 2.75) is 12.5 Å². The molecule has 0 saturated heterocycles. The van der Waals surface area contributed by atoms with Crippen LogP contribution in [0.4, 0.5) is 0 Å². The molecule has 1 atom stereocenters. The molecule has 0 rings (SSSR count). The standard InChI is InChI=1S/C5H11NO2S.BH3O3/c1-9-3-2-4(6)5(7)8;2-1(3)4/h4H,2-3,6H2,1H3,(H,7,8);2-4H. The van der Waals surface area contributed by atoms with Gasteiger partial charge in [-0.2, -0.15) is 11.8 Å². The number of rotatable bonds is 4. The summed E-state index contributed by atoms with van der Waals surface area (Å²) in [5.41, 5.74) is 5.19. The zero-order valence-electron chi connectivity index (χ0n) is 7.25. The maximum atomic E-state index is 10.1. The maximum Gasteiger partial charge on any atom is 0.631 e. The Morgan fingerprint density at radius 3 is 2.15 bits per heavy atom. The van der Waals surface area contributed by atoms with Crippen molar-refractivity contribution >= 4 is 25.1 Å². The van der Waals surface area contributed by atoms with Gasteiger partial charge in [0.2, 0.25) is 0 Å². The Morgan fingerprint density at radius 1 is 1.54 bits per heavy atom. The summed E-state index contributed by atoms with van der Waals surface area (Å²) in [6.07, 6.45) is 2.48. The van der Waals surface area contributed by atoms with Crippen LogP contribution in [0.5, 0.6) is 0 Å². The van der Waals surface area contributed by atoms with Gasteiger partial charge in [0.15, 0.2) is 0 Å². The van der Waals surface area contributed by atoms with Crippen LogP contribution < -0.4 is 5.73 Å². The Hall–Kier alpha value is -0.275. The molecule has 0 spiro atoms. The second-order valence-electron chi connectivity index (χ2n) is 2.07. The number of nitrogens with two attached hydrogens (primary N) is 1. The molecule has 0 saturated carbocycles. The molecular formula is C5H14BNO5S. The average Bonchev–Trinajstić information content (AvgIpc) is 1.98. The molecule has 0 amide bonds. The van der Waals surface area contributed by atoms with Crippen LogP contribution in [0.15, 0.2) is 0 Å². The van der Waals surface area contributed by atoms with Crippen LogP contribution in [0.1, 0.15) is 6.42 Å². The molecule has 6 N–H and O–H groups in total. The molecular weight excluding hydrogens is 197 g/mol. The van der Waals surface area contributed by atoms with E-state index in [0.717, 1.165) is 5.75 Å². The Bertz CT molecular complexity index is 133. The van der Waals surface area contributed by atoms with Crippen molar-refractivity contribution in [3.8, 4) is 0 Å². The summed E-state index contributed by atoms with van der Waals surface area (Å²) < 4.78 is 0. The smallest absolute Gasteiger partial charge is 0.480 e. The Balaban J connectivity index is 0. The van der Waals surface area contributed by atoms with Crippen molar-refractivity contribution < 1.29 is 25.0 Å². The molecule has 0 fully saturated rings. The van der Waals surface area contributed by atoms with Gasteiger partial charge in [-0.1, -0.05) is 0 Å². The van der Waals surface area contributed by atoms with Gasteiger partial charge in [-0.3, -0.25) is 4.79 Å². The molecule has 78 valence electrons. The highest BCUT2D eigenvalue weighted by molar-refractivity contribution is 7.98. The molecule has 0 aromatic rings. The van der Waals surface area contributed by atoms with Crippen molar-refractivity contribution in [2.75, 3.05) is 12.0 Å². The normalized spacial score (nSPS) is 11.2. The Kier molecular flexibility index (Phi) is 11.5. The monoisotopic (exact) mass is 211 g/mol. The second-order valence-corrected chi connectivity index (χ2v) is 3.06. The first-order valence-electron chi connectivity index (χ1n) is 3.43. The van der Waals surface area contributed by atoms with Crippen molar-refractivity contribution in [3.05, 3.63) is 0 Å². The topological polar surface area (TPSA) is 124 Å². The summed E-state index contributed by atoms with van der Waals surface area (Å²) in [6.45, 7) is 0. The predicted octanol–water partition coefficient (Wildman–Crippen LogP) is -1.90. The molecule has 0 aliphatic carbocycles. The van der Waals surface area contributed by atoms with Crippen LogP contribution in [0, 0.1) is 0 Å². The molecule has 0 aliphatic heterocycles. The second kappa shape index (κ2) is 9.81. The van der Waals surface area contributed by atoms with Crippen LogP contribution in [0.3, 0.4) is 0 Å². The minimum atomic E-state index is -2.17. The Morgan fingerprint density at radius 2 is 1.92 bits per heavy atom. The number of carboxylic acid groups (broad SMARTS) is 1. The molecule has 8 heteroatoms. The number of carboxylic acids is 1. The van der Waals surface area contributed by atoms with Crippen molar-refractivity contribution in [1.29, 1.82) is 0 Å². The highest BCUT2D eigenvalue weighted by Crippen LogP contribution is 1.97. The molecule has 6 nitrogen and oxygen atoms in total. The van der Waals surface area contributed by atoms with Gasteiger partial charge in [0.05, 0.1) is 0 Å². The van der Waals surface area contributed by atoms with Crippen molar-refractivity contribution in [2.24, 2.45) is 5.73 Å². The summed E-state index contributed by atoms with van der Waals surface area (Å²) in [5.74, 6) is -0.1000. The van der Waals surface area contributed by atoms with Gasteiger partial charge < -0.3 is 25.9 Å². The first-order valence-corrected chi connectivity index (χ1v) is 4.82. The number of hydrogen-bond acceptors (Lipinski definition) is 6. The van der Waals surface area contributed by atoms with Gasteiger partial charge in [0.25, 0.3) is 0 Å². The molecule has 0 bridgehead atoms. The molecule has 0 heterocycles. The summed E-state index contributed by atoms with van der Waals surface area (Å²) in [5, 5.41) is 29.8. The SMILES string of the molecule is CSCCC(N)C(=O)O.OB(O)O. The van der Waals surface area contributed by atoms with E-state index in [1.165, 1.54) is 0 Å². The molecule has 0 aromatic heterocycles. The minimum absolute atomic E-state index is 0.552. The first kappa shape index (κ1) is 15.2. The van der Waals surface area contributed by atoms with E-state index in [9.17, 15) is 4.79 Å². The lowest BCUT2D eigenvalue weighted by Crippen LogP contribution is -2.30. The number of thioether (sulfide) groups is 1. The molecule has 0 radical (unpaired) electrons. The van der Waals surface area contributed by atoms with Gasteiger partial charge in [0.1, 0.15) is 6.04 Å². The van der Waals surface area contributed by atoms with E-state index in [2.05, 4.69) is 0 Å². The quantitative estimate of drug-likeness (QED) is 0.344. The molecule has 13 heavy (non-hydrogen) atoms. The van der Waals surface area contributed by atoms with Crippen LogP contribution in [-0.4, -0.2) is 51.5 Å². The average molecular weight is 211 g/mol. The summed E-state index contributed by atoms with van der Waals surface area (Å²) in [7, 11) is -2.17. The van der Waals surface area contributed by atoms with E-state index < -0.39 is 19.3 Å². The van der Waals surface area contributed by atoms with E-state index >= 15 is 0 Å². The van der Waals surface area contributed by atoms with E-state index in [0.29, 0.717) is 6.42 Å². The maximum absolute atomic E-state index is 10.1. The fourth-order valence-corrected chi connectivity index (χ4v) is 0.858. The third kappa shape index (κ3) is 18.6. The lowest BCUT2D eigenvalue weighted by molar-refractivity contribution is -0.138. The third-order valence-electron chi connectivity index (χ3n) is 0.950. The van der Waals surface area contributed by atoms with E-state index in [-0.39, 0.29) is 0 Å².